The third kappa shape index (κ3) is 3.70. The minimum atomic E-state index is 0.0864. The quantitative estimate of drug-likeness (QED) is 0.682. The number of carbonyl (C=O) groups excluding carboxylic acids is 1. The molecule has 2 aromatic carbocycles. The minimum Gasteiger partial charge on any atom is -0.497 e. The first-order valence-corrected chi connectivity index (χ1v) is 7.71. The lowest BCUT2D eigenvalue weighted by atomic mass is 10.0. The minimum absolute atomic E-state index is 0.0864. The van der Waals surface area contributed by atoms with Crippen LogP contribution in [0, 0.1) is 6.92 Å². The summed E-state index contributed by atoms with van der Waals surface area (Å²) in [6.07, 6.45) is 0.341. The number of rotatable bonds is 4. The number of aryl methyl sites for hydroxylation is 1. The average molecular weight is 398 g/mol. The van der Waals surface area contributed by atoms with Gasteiger partial charge in [0.05, 0.1) is 7.11 Å². The SMILES string of the molecule is COc1ccc(Br)c(CC(=O)c2cc(C)cc(Br)c2)c1. The van der Waals surface area contributed by atoms with Crippen LogP contribution in [-0.4, -0.2) is 12.9 Å². The number of ether oxygens (including phenoxy) is 1. The molecule has 0 aliphatic carbocycles. The molecule has 0 radical (unpaired) electrons. The van der Waals surface area contributed by atoms with Crippen molar-refractivity contribution in [2.24, 2.45) is 0 Å². The molecule has 0 fully saturated rings. The second-order valence-corrected chi connectivity index (χ2v) is 6.34. The van der Waals surface area contributed by atoms with E-state index >= 15 is 0 Å². The lowest BCUT2D eigenvalue weighted by Crippen LogP contribution is -2.05. The molecule has 0 bridgehead atoms. The van der Waals surface area contributed by atoms with Crippen LogP contribution in [0.2, 0.25) is 0 Å². The van der Waals surface area contributed by atoms with E-state index in [2.05, 4.69) is 31.9 Å². The van der Waals surface area contributed by atoms with Crippen LogP contribution in [0.1, 0.15) is 21.5 Å². The van der Waals surface area contributed by atoms with E-state index in [1.807, 2.05) is 43.3 Å². The Labute approximate surface area is 135 Å². The Hall–Kier alpha value is -1.13. The van der Waals surface area contributed by atoms with Crippen molar-refractivity contribution in [2.45, 2.75) is 13.3 Å². The molecule has 4 heteroatoms. The molecule has 0 unspecified atom stereocenters. The fourth-order valence-electron chi connectivity index (χ4n) is 1.99. The lowest BCUT2D eigenvalue weighted by molar-refractivity contribution is 0.0992. The van der Waals surface area contributed by atoms with Crippen LogP contribution >= 0.6 is 31.9 Å². The zero-order valence-corrected chi connectivity index (χ0v) is 14.4. The molecule has 0 N–H and O–H groups in total. The summed E-state index contributed by atoms with van der Waals surface area (Å²) >= 11 is 6.90. The van der Waals surface area contributed by atoms with Gasteiger partial charge in [-0.2, -0.15) is 0 Å². The predicted octanol–water partition coefficient (Wildman–Crippen LogP) is 4.95. The van der Waals surface area contributed by atoms with Gasteiger partial charge >= 0.3 is 0 Å². The van der Waals surface area contributed by atoms with Crippen LogP contribution < -0.4 is 4.74 Å². The van der Waals surface area contributed by atoms with E-state index in [4.69, 9.17) is 4.74 Å². The first-order chi connectivity index (χ1) is 9.49. The molecule has 2 nitrogen and oxygen atoms in total. The van der Waals surface area contributed by atoms with Gasteiger partial charge in [0.2, 0.25) is 0 Å². The van der Waals surface area contributed by atoms with Crippen molar-refractivity contribution < 1.29 is 9.53 Å². The number of benzene rings is 2. The maximum absolute atomic E-state index is 12.4. The summed E-state index contributed by atoms with van der Waals surface area (Å²) in [7, 11) is 1.62. The fraction of sp³-hybridized carbons (Fsp3) is 0.188. The molecule has 2 aromatic rings. The molecule has 0 spiro atoms. The van der Waals surface area contributed by atoms with Crippen LogP contribution in [0.4, 0.5) is 0 Å². The normalized spacial score (nSPS) is 10.4. The van der Waals surface area contributed by atoms with Crippen LogP contribution in [0.3, 0.4) is 0 Å². The summed E-state index contributed by atoms with van der Waals surface area (Å²) in [4.78, 5) is 12.4. The molecule has 0 atom stereocenters. The topological polar surface area (TPSA) is 26.3 Å². The summed E-state index contributed by atoms with van der Waals surface area (Å²) in [5.74, 6) is 0.838. The molecule has 0 aromatic heterocycles. The molecule has 20 heavy (non-hydrogen) atoms. The van der Waals surface area contributed by atoms with Crippen LogP contribution in [0.25, 0.3) is 0 Å². The lowest BCUT2D eigenvalue weighted by Gasteiger charge is -2.08. The van der Waals surface area contributed by atoms with E-state index in [0.717, 1.165) is 25.8 Å². The first-order valence-electron chi connectivity index (χ1n) is 6.12. The molecule has 0 saturated carbocycles. The number of methoxy groups -OCH3 is 1. The smallest absolute Gasteiger partial charge is 0.167 e. The molecular formula is C16H14Br2O2. The Morgan fingerprint density at radius 3 is 2.55 bits per heavy atom. The largest absolute Gasteiger partial charge is 0.497 e. The van der Waals surface area contributed by atoms with Gasteiger partial charge in [-0.1, -0.05) is 31.9 Å². The number of ketones is 1. The van der Waals surface area contributed by atoms with Crippen molar-refractivity contribution in [3.8, 4) is 5.75 Å². The molecule has 0 saturated heterocycles. The molecular weight excluding hydrogens is 384 g/mol. The Morgan fingerprint density at radius 1 is 1.15 bits per heavy atom. The highest BCUT2D eigenvalue weighted by Gasteiger charge is 2.11. The van der Waals surface area contributed by atoms with E-state index in [-0.39, 0.29) is 5.78 Å². The average Bonchev–Trinajstić information content (AvgIpc) is 2.40. The van der Waals surface area contributed by atoms with Gasteiger partial charge in [0, 0.05) is 20.9 Å². The zero-order valence-electron chi connectivity index (χ0n) is 11.2. The highest BCUT2D eigenvalue weighted by atomic mass is 79.9. The van der Waals surface area contributed by atoms with Crippen LogP contribution in [-0.2, 0) is 6.42 Å². The monoisotopic (exact) mass is 396 g/mol. The summed E-state index contributed by atoms with van der Waals surface area (Å²) in [6, 6.07) is 11.4. The Morgan fingerprint density at radius 2 is 1.90 bits per heavy atom. The fourth-order valence-corrected chi connectivity index (χ4v) is 2.98. The third-order valence-electron chi connectivity index (χ3n) is 2.97. The highest BCUT2D eigenvalue weighted by molar-refractivity contribution is 9.10. The van der Waals surface area contributed by atoms with E-state index in [1.54, 1.807) is 7.11 Å². The van der Waals surface area contributed by atoms with Gasteiger partial charge in [-0.25, -0.2) is 0 Å². The van der Waals surface area contributed by atoms with Gasteiger partial charge in [0.1, 0.15) is 5.75 Å². The summed E-state index contributed by atoms with van der Waals surface area (Å²) in [6.45, 7) is 1.98. The van der Waals surface area contributed by atoms with Crippen molar-refractivity contribution >= 4 is 37.6 Å². The van der Waals surface area contributed by atoms with Gasteiger partial charge < -0.3 is 4.74 Å². The van der Waals surface area contributed by atoms with E-state index < -0.39 is 0 Å². The van der Waals surface area contributed by atoms with Gasteiger partial charge in [-0.05, 0) is 54.4 Å². The van der Waals surface area contributed by atoms with Gasteiger partial charge in [-0.15, -0.1) is 0 Å². The van der Waals surface area contributed by atoms with Crippen molar-refractivity contribution in [3.05, 3.63) is 62.0 Å². The number of hydrogen-bond acceptors (Lipinski definition) is 2. The predicted molar refractivity (Wildman–Crippen MR) is 87.6 cm³/mol. The van der Waals surface area contributed by atoms with Crippen molar-refractivity contribution in [1.82, 2.24) is 0 Å². The van der Waals surface area contributed by atoms with Crippen molar-refractivity contribution in [1.29, 1.82) is 0 Å². The number of hydrogen-bond donors (Lipinski definition) is 0. The number of carbonyl (C=O) groups is 1. The molecule has 104 valence electrons. The molecule has 0 aliphatic heterocycles. The van der Waals surface area contributed by atoms with Gasteiger partial charge in [-0.3, -0.25) is 4.79 Å². The maximum atomic E-state index is 12.4. The zero-order chi connectivity index (χ0) is 14.7. The van der Waals surface area contributed by atoms with E-state index in [1.165, 1.54) is 0 Å². The number of halogens is 2. The van der Waals surface area contributed by atoms with Crippen LogP contribution in [0.5, 0.6) is 5.75 Å². The standard InChI is InChI=1S/C16H14Br2O2/c1-10-5-12(7-13(17)6-10)16(19)9-11-8-14(20-2)3-4-15(11)18/h3-8H,9H2,1-2H3. The van der Waals surface area contributed by atoms with Crippen molar-refractivity contribution in [3.63, 3.8) is 0 Å². The Balaban J connectivity index is 2.27. The number of Topliss-reactive ketones (excluding diaryl/α,β-unsaturated/α-hetero) is 1. The first kappa shape index (κ1) is 15.3. The molecule has 0 aliphatic rings. The van der Waals surface area contributed by atoms with Gasteiger partial charge in [0.15, 0.2) is 5.78 Å². The summed E-state index contributed by atoms with van der Waals surface area (Å²) < 4.78 is 7.03. The molecule has 0 heterocycles. The Bertz CT molecular complexity index is 631. The maximum Gasteiger partial charge on any atom is 0.167 e. The van der Waals surface area contributed by atoms with Gasteiger partial charge in [0.25, 0.3) is 0 Å². The second kappa shape index (κ2) is 6.55. The van der Waals surface area contributed by atoms with E-state index in [9.17, 15) is 4.79 Å². The second-order valence-electron chi connectivity index (χ2n) is 4.57. The van der Waals surface area contributed by atoms with Crippen molar-refractivity contribution in [2.75, 3.05) is 7.11 Å². The van der Waals surface area contributed by atoms with Crippen LogP contribution in [0.15, 0.2) is 45.3 Å². The summed E-state index contributed by atoms with van der Waals surface area (Å²) in [5, 5.41) is 0. The Kier molecular flexibility index (Phi) is 5.00. The summed E-state index contributed by atoms with van der Waals surface area (Å²) in [5.41, 5.74) is 2.70. The van der Waals surface area contributed by atoms with E-state index in [0.29, 0.717) is 12.0 Å². The molecule has 0 amide bonds. The third-order valence-corrected chi connectivity index (χ3v) is 4.20. The molecule has 2 rings (SSSR count). The highest BCUT2D eigenvalue weighted by Crippen LogP contribution is 2.24.